The number of thiophene rings is 1. The average molecular weight is 417 g/mol. The molecule has 0 aliphatic heterocycles. The Labute approximate surface area is 142 Å². The van der Waals surface area contributed by atoms with E-state index in [0.29, 0.717) is 6.04 Å². The number of hydrogen-bond donors (Lipinski definition) is 1. The van der Waals surface area contributed by atoms with Crippen LogP contribution in [0.5, 0.6) is 0 Å². The maximum Gasteiger partial charge on any atom is 0.0456 e. The Hall–Kier alpha value is -0.160. The molecule has 1 N–H and O–H groups in total. The molecule has 0 aliphatic rings. The smallest absolute Gasteiger partial charge is 0.0456 e. The summed E-state index contributed by atoms with van der Waals surface area (Å²) in [5.41, 5.74) is 1.36. The third-order valence-electron chi connectivity index (χ3n) is 3.21. The van der Waals surface area contributed by atoms with Crippen LogP contribution in [-0.2, 0) is 6.42 Å². The van der Waals surface area contributed by atoms with Crippen molar-refractivity contribution in [2.24, 2.45) is 0 Å². The number of halogens is 2. The quantitative estimate of drug-likeness (QED) is 0.621. The van der Waals surface area contributed by atoms with Crippen molar-refractivity contribution in [2.75, 3.05) is 6.54 Å². The molecule has 2 rings (SSSR count). The first-order valence-corrected chi connectivity index (χ1v) is 9.24. The van der Waals surface area contributed by atoms with E-state index >= 15 is 0 Å². The van der Waals surface area contributed by atoms with Gasteiger partial charge in [-0.1, -0.05) is 35.0 Å². The molecule has 0 saturated heterocycles. The van der Waals surface area contributed by atoms with E-state index in [1.807, 2.05) is 11.3 Å². The van der Waals surface area contributed by atoms with Crippen molar-refractivity contribution >= 4 is 43.2 Å². The Balaban J connectivity index is 2.16. The van der Waals surface area contributed by atoms with E-state index < -0.39 is 0 Å². The van der Waals surface area contributed by atoms with Crippen LogP contribution in [-0.4, -0.2) is 6.54 Å². The first kappa shape index (κ1) is 16.2. The van der Waals surface area contributed by atoms with Crippen molar-refractivity contribution in [3.63, 3.8) is 0 Å². The summed E-state index contributed by atoms with van der Waals surface area (Å²) in [6, 6.07) is 11.3. The molecule has 20 heavy (non-hydrogen) atoms. The minimum atomic E-state index is 0.395. The lowest BCUT2D eigenvalue weighted by Crippen LogP contribution is -2.23. The number of benzene rings is 1. The summed E-state index contributed by atoms with van der Waals surface area (Å²) in [7, 11) is 0. The van der Waals surface area contributed by atoms with Crippen LogP contribution in [0.1, 0.15) is 34.7 Å². The molecule has 0 radical (unpaired) electrons. The van der Waals surface area contributed by atoms with Gasteiger partial charge in [-0.3, -0.25) is 0 Å². The van der Waals surface area contributed by atoms with E-state index in [4.69, 9.17) is 0 Å². The molecule has 0 fully saturated rings. The second-order valence-electron chi connectivity index (χ2n) is 4.89. The van der Waals surface area contributed by atoms with Crippen LogP contribution < -0.4 is 5.32 Å². The van der Waals surface area contributed by atoms with Crippen LogP contribution in [0.2, 0.25) is 0 Å². The predicted octanol–water partition coefficient (Wildman–Crippen LogP) is 5.86. The molecule has 1 nitrogen and oxygen atoms in total. The lowest BCUT2D eigenvalue weighted by atomic mass is 10.0. The SMILES string of the molecule is CCCNC(Cc1ccc(Br)cc1)c1cc(Br)c(C)s1. The van der Waals surface area contributed by atoms with Crippen LogP contribution in [0.25, 0.3) is 0 Å². The molecule has 2 aromatic rings. The van der Waals surface area contributed by atoms with Gasteiger partial charge in [-0.05, 0) is 66.0 Å². The standard InChI is InChI=1S/C16H19Br2NS/c1-3-8-19-15(16-10-14(18)11(2)20-16)9-12-4-6-13(17)7-5-12/h4-7,10,15,19H,3,8-9H2,1-2H3. The Morgan fingerprint density at radius 2 is 1.90 bits per heavy atom. The molecule has 0 spiro atoms. The van der Waals surface area contributed by atoms with E-state index in [2.05, 4.69) is 81.4 Å². The minimum absolute atomic E-state index is 0.395. The van der Waals surface area contributed by atoms with Gasteiger partial charge in [0.2, 0.25) is 0 Å². The fourth-order valence-corrected chi connectivity index (χ4v) is 4.00. The van der Waals surface area contributed by atoms with E-state index in [1.165, 1.54) is 19.8 Å². The van der Waals surface area contributed by atoms with Crippen molar-refractivity contribution in [3.8, 4) is 0 Å². The van der Waals surface area contributed by atoms with Crippen LogP contribution in [0, 0.1) is 6.92 Å². The highest BCUT2D eigenvalue weighted by Gasteiger charge is 2.15. The summed E-state index contributed by atoms with van der Waals surface area (Å²) in [5, 5.41) is 3.67. The summed E-state index contributed by atoms with van der Waals surface area (Å²) in [4.78, 5) is 2.75. The van der Waals surface area contributed by atoms with Gasteiger partial charge in [-0.2, -0.15) is 0 Å². The van der Waals surface area contributed by atoms with Crippen molar-refractivity contribution in [1.29, 1.82) is 0 Å². The van der Waals surface area contributed by atoms with E-state index in [0.717, 1.165) is 23.9 Å². The Morgan fingerprint density at radius 1 is 1.20 bits per heavy atom. The van der Waals surface area contributed by atoms with Gasteiger partial charge < -0.3 is 5.32 Å². The summed E-state index contributed by atoms with van der Waals surface area (Å²) < 4.78 is 2.35. The molecule has 108 valence electrons. The molecule has 0 bridgehead atoms. The van der Waals surface area contributed by atoms with E-state index in [-0.39, 0.29) is 0 Å². The fraction of sp³-hybridized carbons (Fsp3) is 0.375. The molecule has 1 aromatic heterocycles. The van der Waals surface area contributed by atoms with Gasteiger partial charge in [-0.15, -0.1) is 11.3 Å². The maximum absolute atomic E-state index is 3.67. The highest BCUT2D eigenvalue weighted by molar-refractivity contribution is 9.10. The fourth-order valence-electron chi connectivity index (χ4n) is 2.10. The minimum Gasteiger partial charge on any atom is -0.309 e. The zero-order valence-corrected chi connectivity index (χ0v) is 15.7. The largest absolute Gasteiger partial charge is 0.309 e. The Morgan fingerprint density at radius 3 is 2.45 bits per heavy atom. The summed E-state index contributed by atoms with van der Waals surface area (Å²) >= 11 is 8.99. The van der Waals surface area contributed by atoms with Crippen molar-refractivity contribution in [1.82, 2.24) is 5.32 Å². The summed E-state index contributed by atoms with van der Waals surface area (Å²) in [6.45, 7) is 5.42. The molecule has 4 heteroatoms. The molecule has 1 heterocycles. The van der Waals surface area contributed by atoms with Crippen LogP contribution in [0.4, 0.5) is 0 Å². The topological polar surface area (TPSA) is 12.0 Å². The highest BCUT2D eigenvalue weighted by atomic mass is 79.9. The predicted molar refractivity (Wildman–Crippen MR) is 95.6 cm³/mol. The van der Waals surface area contributed by atoms with Crippen molar-refractivity contribution in [3.05, 3.63) is 54.6 Å². The van der Waals surface area contributed by atoms with Gasteiger partial charge in [0.15, 0.2) is 0 Å². The number of aryl methyl sites for hydroxylation is 1. The summed E-state index contributed by atoms with van der Waals surface area (Å²) in [6.07, 6.45) is 2.18. The normalized spacial score (nSPS) is 12.6. The van der Waals surface area contributed by atoms with Crippen LogP contribution >= 0.6 is 43.2 Å². The zero-order chi connectivity index (χ0) is 14.5. The van der Waals surface area contributed by atoms with Crippen LogP contribution in [0.15, 0.2) is 39.3 Å². The van der Waals surface area contributed by atoms with E-state index in [1.54, 1.807) is 0 Å². The van der Waals surface area contributed by atoms with Crippen LogP contribution in [0.3, 0.4) is 0 Å². The maximum atomic E-state index is 3.67. The molecular formula is C16H19Br2NS. The number of hydrogen-bond acceptors (Lipinski definition) is 2. The molecule has 0 saturated carbocycles. The third kappa shape index (κ3) is 4.42. The Kier molecular flexibility index (Phi) is 6.27. The third-order valence-corrected chi connectivity index (χ3v) is 5.99. The average Bonchev–Trinajstić information content (AvgIpc) is 2.77. The molecule has 0 aliphatic carbocycles. The molecule has 1 atom stereocenters. The zero-order valence-electron chi connectivity index (χ0n) is 11.7. The monoisotopic (exact) mass is 415 g/mol. The number of nitrogens with one attached hydrogen (secondary N) is 1. The number of rotatable bonds is 6. The molecular weight excluding hydrogens is 398 g/mol. The first-order chi connectivity index (χ1) is 9.60. The van der Waals surface area contributed by atoms with Gasteiger partial charge in [-0.25, -0.2) is 0 Å². The van der Waals surface area contributed by atoms with Gasteiger partial charge in [0, 0.05) is 24.7 Å². The van der Waals surface area contributed by atoms with Gasteiger partial charge in [0.05, 0.1) is 0 Å². The van der Waals surface area contributed by atoms with Gasteiger partial charge in [0.1, 0.15) is 0 Å². The summed E-state index contributed by atoms with van der Waals surface area (Å²) in [5.74, 6) is 0. The lowest BCUT2D eigenvalue weighted by Gasteiger charge is -2.17. The second-order valence-corrected chi connectivity index (χ2v) is 7.95. The molecule has 0 amide bonds. The highest BCUT2D eigenvalue weighted by Crippen LogP contribution is 2.32. The molecule has 1 unspecified atom stereocenters. The first-order valence-electron chi connectivity index (χ1n) is 6.83. The van der Waals surface area contributed by atoms with E-state index in [9.17, 15) is 0 Å². The second kappa shape index (κ2) is 7.74. The Bertz CT molecular complexity index is 529. The van der Waals surface area contributed by atoms with Gasteiger partial charge in [0.25, 0.3) is 0 Å². The van der Waals surface area contributed by atoms with Gasteiger partial charge >= 0.3 is 0 Å². The van der Waals surface area contributed by atoms with Crippen molar-refractivity contribution < 1.29 is 0 Å². The molecule has 1 aromatic carbocycles. The lowest BCUT2D eigenvalue weighted by molar-refractivity contribution is 0.536. The van der Waals surface area contributed by atoms with Crippen molar-refractivity contribution in [2.45, 2.75) is 32.7 Å².